The number of benzene rings is 1. The lowest BCUT2D eigenvalue weighted by Crippen LogP contribution is -2.08. The van der Waals surface area contributed by atoms with Crippen molar-refractivity contribution in [3.8, 4) is 11.1 Å². The average Bonchev–Trinajstić information content (AvgIpc) is 2.90. The molecule has 0 aliphatic rings. The van der Waals surface area contributed by atoms with E-state index >= 15 is 0 Å². The van der Waals surface area contributed by atoms with Gasteiger partial charge in [0.25, 0.3) is 0 Å². The Morgan fingerprint density at radius 1 is 1.50 bits per heavy atom. The average molecular weight is 517 g/mol. The second-order valence-corrected chi connectivity index (χ2v) is 7.49. The summed E-state index contributed by atoms with van der Waals surface area (Å²) in [6, 6.07) is 5.89. The fourth-order valence-electron chi connectivity index (χ4n) is 2.43. The minimum absolute atomic E-state index is 0.244. The van der Waals surface area contributed by atoms with Gasteiger partial charge in [0, 0.05) is 22.8 Å². The molecular weight excluding hydrogens is 504 g/mol. The van der Waals surface area contributed by atoms with Crippen LogP contribution in [0.15, 0.2) is 41.5 Å². The molecular formula is C17H12BrClIN3O. The number of aryl methyl sites for hydroxylation is 1. The number of amides is 1. The first-order valence-electron chi connectivity index (χ1n) is 6.98. The van der Waals surface area contributed by atoms with Crippen LogP contribution in [0.1, 0.15) is 5.56 Å². The van der Waals surface area contributed by atoms with Gasteiger partial charge in [0.15, 0.2) is 0 Å². The van der Waals surface area contributed by atoms with Crippen LogP contribution < -0.4 is 5.32 Å². The number of aromatic nitrogens is 2. The summed E-state index contributed by atoms with van der Waals surface area (Å²) in [5, 5.41) is 4.28. The van der Waals surface area contributed by atoms with E-state index < -0.39 is 0 Å². The molecule has 7 heteroatoms. The largest absolute Gasteiger partial charge is 0.334 e. The number of H-pyrrole nitrogens is 1. The van der Waals surface area contributed by atoms with Gasteiger partial charge in [0.2, 0.25) is 5.91 Å². The minimum atomic E-state index is -0.244. The Hall–Kier alpha value is -1.38. The van der Waals surface area contributed by atoms with Gasteiger partial charge in [-0.25, -0.2) is 4.98 Å². The third-order valence-electron chi connectivity index (χ3n) is 3.64. The lowest BCUT2D eigenvalue weighted by molar-refractivity contribution is -0.111. The summed E-state index contributed by atoms with van der Waals surface area (Å²) in [5.74, 6) is -0.244. The third-order valence-corrected chi connectivity index (χ3v) is 5.67. The lowest BCUT2D eigenvalue weighted by Gasteiger charge is -2.10. The summed E-state index contributed by atoms with van der Waals surface area (Å²) in [4.78, 5) is 19.3. The molecule has 1 aromatic carbocycles. The molecule has 0 aliphatic carbocycles. The smallest absolute Gasteiger partial charge is 0.247 e. The van der Waals surface area contributed by atoms with E-state index in [4.69, 9.17) is 11.6 Å². The molecule has 0 saturated carbocycles. The maximum atomic E-state index is 11.6. The van der Waals surface area contributed by atoms with Crippen molar-refractivity contribution in [1.29, 1.82) is 0 Å². The highest BCUT2D eigenvalue weighted by Crippen LogP contribution is 2.40. The van der Waals surface area contributed by atoms with Crippen molar-refractivity contribution in [2.75, 3.05) is 5.32 Å². The number of aromatic amines is 1. The van der Waals surface area contributed by atoms with Gasteiger partial charge < -0.3 is 10.3 Å². The van der Waals surface area contributed by atoms with Gasteiger partial charge in [-0.15, -0.1) is 0 Å². The number of carbonyl (C=O) groups excluding carboxylic acids is 1. The number of nitrogens with zero attached hydrogens (tertiary/aromatic N) is 1. The number of fused-ring (bicyclic) bond motifs is 1. The molecule has 4 nitrogen and oxygen atoms in total. The molecule has 0 spiro atoms. The van der Waals surface area contributed by atoms with E-state index in [2.05, 4.69) is 60.4 Å². The second kappa shape index (κ2) is 6.85. The van der Waals surface area contributed by atoms with Crippen LogP contribution in [0.2, 0.25) is 5.02 Å². The van der Waals surface area contributed by atoms with Gasteiger partial charge in [0.05, 0.1) is 13.2 Å². The Morgan fingerprint density at radius 3 is 2.96 bits per heavy atom. The summed E-state index contributed by atoms with van der Waals surface area (Å²) >= 11 is 12.1. The molecule has 0 saturated heterocycles. The van der Waals surface area contributed by atoms with Crippen LogP contribution >= 0.6 is 50.1 Å². The first kappa shape index (κ1) is 17.4. The van der Waals surface area contributed by atoms with Gasteiger partial charge >= 0.3 is 0 Å². The zero-order valence-corrected chi connectivity index (χ0v) is 17.1. The summed E-state index contributed by atoms with van der Waals surface area (Å²) < 4.78 is 1.67. The Morgan fingerprint density at radius 2 is 2.25 bits per heavy atom. The number of hydrogen-bond acceptors (Lipinski definition) is 2. The van der Waals surface area contributed by atoms with Gasteiger partial charge in [-0.3, -0.25) is 4.79 Å². The Labute approximate surface area is 166 Å². The van der Waals surface area contributed by atoms with E-state index in [9.17, 15) is 4.79 Å². The maximum absolute atomic E-state index is 11.6. The molecule has 3 rings (SSSR count). The summed E-state index contributed by atoms with van der Waals surface area (Å²) in [6.45, 7) is 5.42. The van der Waals surface area contributed by atoms with Crippen LogP contribution in [0.25, 0.3) is 22.2 Å². The van der Waals surface area contributed by atoms with Crippen LogP contribution in [-0.4, -0.2) is 15.9 Å². The van der Waals surface area contributed by atoms with Crippen molar-refractivity contribution in [2.24, 2.45) is 0 Å². The SMILES string of the molecule is C=CC(=O)Nc1cc(-c2c(I)[nH]c3ncc(Br)c(Cl)c23)ccc1C. The van der Waals surface area contributed by atoms with Crippen LogP contribution in [0.4, 0.5) is 5.69 Å². The van der Waals surface area contributed by atoms with E-state index in [1.807, 2.05) is 25.1 Å². The van der Waals surface area contributed by atoms with E-state index in [0.717, 1.165) is 41.6 Å². The van der Waals surface area contributed by atoms with Gasteiger partial charge in [-0.1, -0.05) is 30.3 Å². The molecule has 0 bridgehead atoms. The predicted molar refractivity (Wildman–Crippen MR) is 111 cm³/mol. The van der Waals surface area contributed by atoms with Crippen molar-refractivity contribution in [3.05, 3.63) is 55.8 Å². The van der Waals surface area contributed by atoms with E-state index in [0.29, 0.717) is 5.02 Å². The molecule has 1 amide bonds. The molecule has 0 aliphatic heterocycles. The number of pyridine rings is 1. The number of hydrogen-bond donors (Lipinski definition) is 2. The summed E-state index contributed by atoms with van der Waals surface area (Å²) in [7, 11) is 0. The van der Waals surface area contributed by atoms with Crippen molar-refractivity contribution in [1.82, 2.24) is 9.97 Å². The fourth-order valence-corrected chi connectivity index (χ4v) is 3.80. The third kappa shape index (κ3) is 3.10. The van der Waals surface area contributed by atoms with E-state index in [-0.39, 0.29) is 5.91 Å². The fraction of sp³-hybridized carbons (Fsp3) is 0.0588. The number of nitrogens with one attached hydrogen (secondary N) is 2. The Kier molecular flexibility index (Phi) is 4.98. The number of anilines is 1. The van der Waals surface area contributed by atoms with E-state index in [1.165, 1.54) is 6.08 Å². The standard InChI is InChI=1S/C17H12BrClIN3O/c1-3-12(24)22-11-6-9(5-4-8(11)2)13-14-15(19)10(18)7-21-17(14)23-16(13)20/h3-7H,1H2,2H3,(H,21,23)(H,22,24). The van der Waals surface area contributed by atoms with Crippen molar-refractivity contribution in [3.63, 3.8) is 0 Å². The van der Waals surface area contributed by atoms with Crippen molar-refractivity contribution < 1.29 is 4.79 Å². The summed E-state index contributed by atoms with van der Waals surface area (Å²) in [6.07, 6.45) is 2.92. The zero-order chi connectivity index (χ0) is 17.4. The highest BCUT2D eigenvalue weighted by atomic mass is 127. The quantitative estimate of drug-likeness (QED) is 0.348. The van der Waals surface area contributed by atoms with Crippen LogP contribution in [-0.2, 0) is 4.79 Å². The number of halogens is 3. The highest BCUT2D eigenvalue weighted by molar-refractivity contribution is 14.1. The second-order valence-electron chi connectivity index (χ2n) is 5.18. The van der Waals surface area contributed by atoms with Crippen LogP contribution in [0, 0.1) is 10.6 Å². The van der Waals surface area contributed by atoms with Gasteiger partial charge in [-0.05, 0) is 68.7 Å². The number of rotatable bonds is 3. The predicted octanol–water partition coefficient (Wildman–Crippen LogP) is 5.68. The van der Waals surface area contributed by atoms with Gasteiger partial charge in [-0.2, -0.15) is 0 Å². The number of carbonyl (C=O) groups is 1. The van der Waals surface area contributed by atoms with Crippen molar-refractivity contribution in [2.45, 2.75) is 6.92 Å². The van der Waals surface area contributed by atoms with Gasteiger partial charge in [0.1, 0.15) is 5.65 Å². The minimum Gasteiger partial charge on any atom is -0.334 e. The molecule has 0 fully saturated rings. The molecule has 3 aromatic rings. The molecule has 2 heterocycles. The first-order chi connectivity index (χ1) is 11.4. The summed E-state index contributed by atoms with van der Waals surface area (Å²) in [5.41, 5.74) is 4.33. The monoisotopic (exact) mass is 515 g/mol. The molecule has 0 radical (unpaired) electrons. The molecule has 122 valence electrons. The highest BCUT2D eigenvalue weighted by Gasteiger charge is 2.18. The normalized spacial score (nSPS) is 10.8. The zero-order valence-electron chi connectivity index (χ0n) is 12.6. The van der Waals surface area contributed by atoms with E-state index in [1.54, 1.807) is 6.20 Å². The first-order valence-corrected chi connectivity index (χ1v) is 9.23. The molecule has 24 heavy (non-hydrogen) atoms. The molecule has 2 N–H and O–H groups in total. The van der Waals surface area contributed by atoms with Crippen LogP contribution in [0.5, 0.6) is 0 Å². The maximum Gasteiger partial charge on any atom is 0.247 e. The Bertz CT molecular complexity index is 984. The van der Waals surface area contributed by atoms with Crippen molar-refractivity contribution >= 4 is 72.7 Å². The molecule has 0 unspecified atom stereocenters. The molecule has 2 aromatic heterocycles. The lowest BCUT2D eigenvalue weighted by atomic mass is 10.0. The molecule has 0 atom stereocenters. The Balaban J connectivity index is 2.23. The van der Waals surface area contributed by atoms with Crippen LogP contribution in [0.3, 0.4) is 0 Å². The topological polar surface area (TPSA) is 57.8 Å².